The topological polar surface area (TPSA) is 71.4 Å². The minimum Gasteiger partial charge on any atom is -0.507 e. The molecule has 4 aliphatic carbocycles. The van der Waals surface area contributed by atoms with E-state index in [9.17, 15) is 19.5 Å². The molecule has 0 aromatic heterocycles. The Kier molecular flexibility index (Phi) is 6.09. The van der Waals surface area contributed by atoms with Crippen molar-refractivity contribution in [3.63, 3.8) is 0 Å². The van der Waals surface area contributed by atoms with Crippen LogP contribution in [0.4, 0.5) is 0 Å². The number of hydrogen-bond donors (Lipinski definition) is 1. The van der Waals surface area contributed by atoms with Crippen molar-refractivity contribution in [2.45, 2.75) is 99.8 Å². The van der Waals surface area contributed by atoms with Crippen LogP contribution in [0.2, 0.25) is 0 Å². The molecule has 1 fully saturated rings. The molecule has 0 heterocycles. The quantitative estimate of drug-likeness (QED) is 0.260. The van der Waals surface area contributed by atoms with Gasteiger partial charge in [0.05, 0.1) is 11.0 Å². The zero-order chi connectivity index (χ0) is 27.9. The third-order valence-electron chi connectivity index (χ3n) is 10.5. The second-order valence-corrected chi connectivity index (χ2v) is 13.6. The van der Waals surface area contributed by atoms with Crippen molar-refractivity contribution in [1.82, 2.24) is 0 Å². The Morgan fingerprint density at radius 1 is 1.05 bits per heavy atom. The molecule has 0 aliphatic heterocycles. The van der Waals surface area contributed by atoms with Crippen molar-refractivity contribution in [1.29, 1.82) is 0 Å². The summed E-state index contributed by atoms with van der Waals surface area (Å²) in [6, 6.07) is 2.35. The first-order valence-electron chi connectivity index (χ1n) is 14.2. The van der Waals surface area contributed by atoms with Crippen LogP contribution in [-0.2, 0) is 27.2 Å². The van der Waals surface area contributed by atoms with Crippen LogP contribution in [0.5, 0.6) is 0 Å². The fourth-order valence-corrected chi connectivity index (χ4v) is 8.48. The maximum Gasteiger partial charge on any atom is 0.180 e. The predicted octanol–water partition coefficient (Wildman–Crippen LogP) is 7.32. The Bertz CT molecular complexity index is 1380. The van der Waals surface area contributed by atoms with Gasteiger partial charge in [0.2, 0.25) is 0 Å². The third-order valence-corrected chi connectivity index (χ3v) is 10.5. The summed E-state index contributed by atoms with van der Waals surface area (Å²) in [5.41, 5.74) is 4.20. The molecular weight excluding hydrogens is 472 g/mol. The van der Waals surface area contributed by atoms with Gasteiger partial charge in [0.1, 0.15) is 5.76 Å². The summed E-state index contributed by atoms with van der Waals surface area (Å²) in [6.45, 7) is 15.6. The molecule has 5 rings (SSSR count). The number of ketones is 3. The lowest BCUT2D eigenvalue weighted by molar-refractivity contribution is -0.152. The van der Waals surface area contributed by atoms with Crippen LogP contribution in [0.3, 0.4) is 0 Å². The molecule has 1 N–H and O–H groups in total. The number of carbonyl (C=O) groups is 3. The number of benzene rings is 1. The Morgan fingerprint density at radius 3 is 2.26 bits per heavy atom. The third kappa shape index (κ3) is 3.51. The van der Waals surface area contributed by atoms with Gasteiger partial charge in [-0.2, -0.15) is 0 Å². The molecule has 1 aromatic rings. The van der Waals surface area contributed by atoms with Crippen molar-refractivity contribution in [3.05, 3.63) is 62.8 Å². The van der Waals surface area contributed by atoms with E-state index in [0.29, 0.717) is 30.8 Å². The zero-order valence-electron chi connectivity index (χ0n) is 24.3. The van der Waals surface area contributed by atoms with Crippen molar-refractivity contribution in [2.24, 2.45) is 22.2 Å². The number of rotatable bonds is 4. The van der Waals surface area contributed by atoms with Gasteiger partial charge in [0.25, 0.3) is 0 Å². The van der Waals surface area contributed by atoms with E-state index >= 15 is 0 Å². The summed E-state index contributed by atoms with van der Waals surface area (Å²) in [4.78, 5) is 41.0. The minimum atomic E-state index is -1.38. The second kappa shape index (κ2) is 8.63. The van der Waals surface area contributed by atoms with Crippen molar-refractivity contribution in [2.75, 3.05) is 0 Å². The van der Waals surface area contributed by atoms with Gasteiger partial charge in [-0.1, -0.05) is 51.5 Å². The van der Waals surface area contributed by atoms with Crippen LogP contribution >= 0.6 is 0 Å². The molecule has 3 unspecified atom stereocenters. The average Bonchev–Trinajstić information content (AvgIpc) is 3.30. The van der Waals surface area contributed by atoms with Gasteiger partial charge in [0.15, 0.2) is 17.3 Å². The lowest BCUT2D eigenvalue weighted by Gasteiger charge is -2.58. The summed E-state index contributed by atoms with van der Waals surface area (Å²) < 4.78 is 0. The number of carbonyl (C=O) groups excluding carboxylic acids is 3. The Hall–Kier alpha value is -2.75. The number of aliphatic hydroxyl groups is 1. The summed E-state index contributed by atoms with van der Waals surface area (Å²) in [5.74, 6) is -0.0713. The number of allylic oxidation sites excluding steroid dienone is 5. The smallest absolute Gasteiger partial charge is 0.180 e. The molecule has 4 heteroatoms. The van der Waals surface area contributed by atoms with Crippen molar-refractivity contribution >= 4 is 23.1 Å². The lowest BCUT2D eigenvalue weighted by atomic mass is 9.42. The van der Waals surface area contributed by atoms with Gasteiger partial charge in [-0.05, 0) is 106 Å². The molecule has 202 valence electrons. The molecule has 0 amide bonds. The first-order valence-corrected chi connectivity index (χ1v) is 14.2. The SMILES string of the molecule is CC(=O)C1=C(C)CC2(C)CC3(C)Cc4c(C(C)C)cc(CC5CC=CC5)c(C)c4C(O)=C3C(=O)C2(C)C1=O. The minimum absolute atomic E-state index is 0.0521. The van der Waals surface area contributed by atoms with Crippen LogP contribution in [0.15, 0.2) is 34.9 Å². The first-order chi connectivity index (χ1) is 17.7. The molecule has 38 heavy (non-hydrogen) atoms. The maximum atomic E-state index is 14.5. The van der Waals surface area contributed by atoms with E-state index in [1.807, 2.05) is 13.8 Å². The number of fused-ring (bicyclic) bond motifs is 3. The summed E-state index contributed by atoms with van der Waals surface area (Å²) in [7, 11) is 0. The fraction of sp³-hybridized carbons (Fsp3) is 0.559. The Labute approximate surface area is 227 Å². The molecule has 4 aliphatic rings. The van der Waals surface area contributed by atoms with Crippen LogP contribution < -0.4 is 0 Å². The van der Waals surface area contributed by atoms with Crippen LogP contribution in [0.1, 0.15) is 108 Å². The largest absolute Gasteiger partial charge is 0.507 e. The van der Waals surface area contributed by atoms with Gasteiger partial charge >= 0.3 is 0 Å². The lowest BCUT2D eigenvalue weighted by Crippen LogP contribution is -2.61. The Morgan fingerprint density at radius 2 is 1.68 bits per heavy atom. The van der Waals surface area contributed by atoms with E-state index in [2.05, 4.69) is 45.9 Å². The molecule has 1 saturated carbocycles. The van der Waals surface area contributed by atoms with E-state index in [1.54, 1.807) is 6.92 Å². The molecule has 0 spiro atoms. The fourth-order valence-electron chi connectivity index (χ4n) is 8.48. The van der Waals surface area contributed by atoms with Gasteiger partial charge < -0.3 is 5.11 Å². The van der Waals surface area contributed by atoms with E-state index in [-0.39, 0.29) is 34.6 Å². The maximum absolute atomic E-state index is 14.5. The number of Topliss-reactive ketones (excluding diaryl/α,β-unsaturated/α-hetero) is 3. The van der Waals surface area contributed by atoms with Gasteiger partial charge in [-0.15, -0.1) is 0 Å². The molecular formula is C34H42O4. The Balaban J connectivity index is 1.73. The molecule has 4 nitrogen and oxygen atoms in total. The summed E-state index contributed by atoms with van der Waals surface area (Å²) in [6.07, 6.45) is 9.37. The highest BCUT2D eigenvalue weighted by Gasteiger charge is 2.67. The van der Waals surface area contributed by atoms with Crippen molar-refractivity contribution < 1.29 is 19.5 Å². The van der Waals surface area contributed by atoms with E-state index in [4.69, 9.17) is 0 Å². The predicted molar refractivity (Wildman–Crippen MR) is 151 cm³/mol. The number of aliphatic hydroxyl groups excluding tert-OH is 1. The molecule has 1 aromatic carbocycles. The van der Waals surface area contributed by atoms with Crippen molar-refractivity contribution in [3.8, 4) is 0 Å². The van der Waals surface area contributed by atoms with Gasteiger partial charge in [-0.3, -0.25) is 14.4 Å². The van der Waals surface area contributed by atoms with Crippen LogP contribution in [-0.4, -0.2) is 22.5 Å². The monoisotopic (exact) mass is 514 g/mol. The van der Waals surface area contributed by atoms with Crippen LogP contribution in [0.25, 0.3) is 5.76 Å². The van der Waals surface area contributed by atoms with Gasteiger partial charge in [0, 0.05) is 16.6 Å². The molecule has 3 atom stereocenters. The van der Waals surface area contributed by atoms with Gasteiger partial charge in [-0.25, -0.2) is 0 Å². The highest BCUT2D eigenvalue weighted by molar-refractivity contribution is 6.31. The molecule has 0 radical (unpaired) electrons. The van der Waals surface area contributed by atoms with E-state index < -0.39 is 16.2 Å². The number of hydrogen-bond acceptors (Lipinski definition) is 4. The average molecular weight is 515 g/mol. The highest BCUT2D eigenvalue weighted by Crippen LogP contribution is 2.65. The summed E-state index contributed by atoms with van der Waals surface area (Å²) in [5, 5.41) is 12.0. The van der Waals surface area contributed by atoms with Crippen LogP contribution in [0, 0.1) is 29.1 Å². The second-order valence-electron chi connectivity index (χ2n) is 13.6. The van der Waals surface area contributed by atoms with E-state index in [1.165, 1.54) is 18.1 Å². The molecule has 0 bridgehead atoms. The standard InChI is InChI=1S/C34H42O4/c1-18(2)24-14-23(13-22-11-9-10-12-22)20(4)27-25(24)16-32(6)17-33(7)15-19(3)26(21(5)35)30(37)34(33,8)31(38)28(32)29(27)36/h9-10,14,18,22,36H,11-13,15-17H2,1-8H3. The van der Waals surface area contributed by atoms with E-state index in [0.717, 1.165) is 41.5 Å². The zero-order valence-corrected chi connectivity index (χ0v) is 24.3. The molecule has 0 saturated heterocycles. The summed E-state index contributed by atoms with van der Waals surface area (Å²) >= 11 is 0. The first kappa shape index (κ1) is 26.8. The highest BCUT2D eigenvalue weighted by atomic mass is 16.3. The normalized spacial score (nSPS) is 31.2.